The van der Waals surface area contributed by atoms with E-state index in [2.05, 4.69) is 11.8 Å². The summed E-state index contributed by atoms with van der Waals surface area (Å²) < 4.78 is 0. The monoisotopic (exact) mass is 204 g/mol. The van der Waals surface area contributed by atoms with Gasteiger partial charge in [0.1, 0.15) is 0 Å². The van der Waals surface area contributed by atoms with Gasteiger partial charge in [0.15, 0.2) is 5.75 Å². The fourth-order valence-electron chi connectivity index (χ4n) is 1.52. The number of rotatable bonds is 2. The number of fused-ring (bicyclic) bond motifs is 1. The van der Waals surface area contributed by atoms with E-state index in [9.17, 15) is 4.79 Å². The van der Waals surface area contributed by atoms with Gasteiger partial charge in [-0.15, -0.1) is 0 Å². The largest absolute Gasteiger partial charge is 0.379 e. The predicted octanol–water partition coefficient (Wildman–Crippen LogP) is 2.50. The van der Waals surface area contributed by atoms with Crippen LogP contribution in [0.2, 0.25) is 0 Å². The molecule has 0 unspecified atom stereocenters. The first-order valence-corrected chi connectivity index (χ1v) is 4.99. The van der Waals surface area contributed by atoms with Crippen molar-refractivity contribution in [3.63, 3.8) is 0 Å². The van der Waals surface area contributed by atoms with Crippen molar-refractivity contribution in [2.24, 2.45) is 0 Å². The molecule has 0 N–H and O–H groups in total. The van der Waals surface area contributed by atoms with E-state index < -0.39 is 5.97 Å². The van der Waals surface area contributed by atoms with Crippen molar-refractivity contribution in [1.82, 2.24) is 0 Å². The molecule has 15 heavy (non-hydrogen) atoms. The van der Waals surface area contributed by atoms with Gasteiger partial charge in [0.25, 0.3) is 0 Å². The molecule has 2 rings (SSSR count). The number of hydrogen-bond donors (Lipinski definition) is 0. The maximum Gasteiger partial charge on any atom is 0.379 e. The molecular formula is C12H12O3. The van der Waals surface area contributed by atoms with Gasteiger partial charge >= 0.3 is 5.97 Å². The Bertz CT molecular complexity index is 407. The fraction of sp³-hybridized carbons (Fsp3) is 0.250. The average molecular weight is 204 g/mol. The SMILES string of the molecule is CCCc1ccc2c(c1)C=CC(=O)OO2. The molecule has 0 aliphatic carbocycles. The van der Waals surface area contributed by atoms with Gasteiger partial charge in [-0.3, -0.25) is 4.89 Å². The van der Waals surface area contributed by atoms with Crippen LogP contribution in [0, 0.1) is 0 Å². The molecule has 1 aromatic carbocycles. The van der Waals surface area contributed by atoms with E-state index in [1.54, 1.807) is 6.08 Å². The highest BCUT2D eigenvalue weighted by Crippen LogP contribution is 2.24. The summed E-state index contributed by atoms with van der Waals surface area (Å²) in [4.78, 5) is 20.3. The highest BCUT2D eigenvalue weighted by Gasteiger charge is 2.10. The summed E-state index contributed by atoms with van der Waals surface area (Å²) in [5.41, 5.74) is 2.12. The van der Waals surface area contributed by atoms with E-state index in [1.807, 2.05) is 18.2 Å². The van der Waals surface area contributed by atoms with Crippen LogP contribution in [0.5, 0.6) is 5.75 Å². The molecule has 1 aliphatic rings. The molecule has 0 fully saturated rings. The van der Waals surface area contributed by atoms with Gasteiger partial charge in [0.2, 0.25) is 0 Å². The van der Waals surface area contributed by atoms with Crippen molar-refractivity contribution in [3.8, 4) is 5.75 Å². The van der Waals surface area contributed by atoms with E-state index in [4.69, 9.17) is 4.89 Å². The topological polar surface area (TPSA) is 35.5 Å². The summed E-state index contributed by atoms with van der Waals surface area (Å²) in [5, 5.41) is 0. The van der Waals surface area contributed by atoms with Gasteiger partial charge in [0.05, 0.1) is 0 Å². The Morgan fingerprint density at radius 2 is 2.07 bits per heavy atom. The van der Waals surface area contributed by atoms with Crippen molar-refractivity contribution in [2.45, 2.75) is 19.8 Å². The van der Waals surface area contributed by atoms with Crippen LogP contribution in [0.1, 0.15) is 24.5 Å². The van der Waals surface area contributed by atoms with Crippen molar-refractivity contribution in [2.75, 3.05) is 0 Å². The fourth-order valence-corrected chi connectivity index (χ4v) is 1.52. The molecule has 0 aromatic heterocycles. The van der Waals surface area contributed by atoms with Gasteiger partial charge in [-0.25, -0.2) is 9.68 Å². The summed E-state index contributed by atoms with van der Waals surface area (Å²) in [6, 6.07) is 5.82. The predicted molar refractivity (Wildman–Crippen MR) is 56.2 cm³/mol. The zero-order valence-corrected chi connectivity index (χ0v) is 8.53. The smallest absolute Gasteiger partial charge is 0.286 e. The third-order valence-corrected chi connectivity index (χ3v) is 2.23. The lowest BCUT2D eigenvalue weighted by Crippen LogP contribution is -2.02. The number of hydrogen-bond acceptors (Lipinski definition) is 3. The van der Waals surface area contributed by atoms with Crippen LogP contribution in [0.3, 0.4) is 0 Å². The first-order valence-electron chi connectivity index (χ1n) is 4.99. The Kier molecular flexibility index (Phi) is 2.72. The lowest BCUT2D eigenvalue weighted by Gasteiger charge is -2.05. The molecular weight excluding hydrogens is 192 g/mol. The average Bonchev–Trinajstić information content (AvgIpc) is 2.42. The van der Waals surface area contributed by atoms with Crippen LogP contribution in [-0.4, -0.2) is 5.97 Å². The molecule has 3 nitrogen and oxygen atoms in total. The van der Waals surface area contributed by atoms with Crippen molar-refractivity contribution >= 4 is 12.0 Å². The van der Waals surface area contributed by atoms with Crippen LogP contribution in [0.15, 0.2) is 24.3 Å². The van der Waals surface area contributed by atoms with Gasteiger partial charge in [-0.1, -0.05) is 19.4 Å². The second-order valence-electron chi connectivity index (χ2n) is 3.44. The van der Waals surface area contributed by atoms with E-state index >= 15 is 0 Å². The zero-order valence-electron chi connectivity index (χ0n) is 8.53. The highest BCUT2D eigenvalue weighted by atomic mass is 17.2. The van der Waals surface area contributed by atoms with Gasteiger partial charge in [-0.2, -0.15) is 0 Å². The van der Waals surface area contributed by atoms with Crippen LogP contribution < -0.4 is 4.89 Å². The maximum absolute atomic E-state index is 10.9. The standard InChI is InChI=1S/C12H12O3/c1-2-3-9-4-6-11-10(8-9)5-7-12(13)15-14-11/h4-8H,2-3H2,1H3. The summed E-state index contributed by atoms with van der Waals surface area (Å²) in [6.07, 6.45) is 5.19. The van der Waals surface area contributed by atoms with E-state index in [0.29, 0.717) is 5.75 Å². The Labute approximate surface area is 88.2 Å². The third-order valence-electron chi connectivity index (χ3n) is 2.23. The van der Waals surface area contributed by atoms with Crippen LogP contribution >= 0.6 is 0 Å². The van der Waals surface area contributed by atoms with E-state index in [0.717, 1.165) is 18.4 Å². The molecule has 1 heterocycles. The second-order valence-corrected chi connectivity index (χ2v) is 3.44. The molecule has 0 radical (unpaired) electrons. The summed E-state index contributed by atoms with van der Waals surface area (Å²) in [6.45, 7) is 2.13. The van der Waals surface area contributed by atoms with Crippen molar-refractivity contribution in [1.29, 1.82) is 0 Å². The summed E-state index contributed by atoms with van der Waals surface area (Å²) in [7, 11) is 0. The molecule has 0 saturated heterocycles. The minimum Gasteiger partial charge on any atom is -0.286 e. The Morgan fingerprint density at radius 1 is 1.20 bits per heavy atom. The first kappa shape index (κ1) is 9.77. The normalized spacial score (nSPS) is 13.8. The van der Waals surface area contributed by atoms with Gasteiger partial charge in [-0.05, 0) is 30.2 Å². The van der Waals surface area contributed by atoms with E-state index in [1.165, 1.54) is 11.6 Å². The van der Waals surface area contributed by atoms with Gasteiger partial charge < -0.3 is 0 Å². The summed E-state index contributed by atoms with van der Waals surface area (Å²) in [5.74, 6) is 0.0974. The third kappa shape index (κ3) is 2.18. The van der Waals surface area contributed by atoms with Crippen LogP contribution in [0.4, 0.5) is 0 Å². The molecule has 1 aliphatic heterocycles. The van der Waals surface area contributed by atoms with Crippen LogP contribution in [-0.2, 0) is 16.1 Å². The lowest BCUT2D eigenvalue weighted by atomic mass is 10.1. The minimum atomic E-state index is -0.483. The Balaban J connectivity index is 2.33. The molecule has 3 heteroatoms. The van der Waals surface area contributed by atoms with Crippen molar-refractivity contribution in [3.05, 3.63) is 35.4 Å². The number of aryl methyl sites for hydroxylation is 1. The number of carbonyl (C=O) groups is 1. The van der Waals surface area contributed by atoms with Gasteiger partial charge in [0, 0.05) is 11.6 Å². The molecule has 1 aromatic rings. The lowest BCUT2D eigenvalue weighted by molar-refractivity contribution is -0.206. The molecule has 0 saturated carbocycles. The zero-order chi connectivity index (χ0) is 10.7. The molecule has 78 valence electrons. The van der Waals surface area contributed by atoms with Crippen LogP contribution in [0.25, 0.3) is 6.08 Å². The first-order chi connectivity index (χ1) is 7.29. The maximum atomic E-state index is 10.9. The molecule has 0 spiro atoms. The minimum absolute atomic E-state index is 0.483. The Morgan fingerprint density at radius 3 is 2.87 bits per heavy atom. The molecule has 0 bridgehead atoms. The van der Waals surface area contributed by atoms with E-state index in [-0.39, 0.29) is 0 Å². The summed E-state index contributed by atoms with van der Waals surface area (Å²) >= 11 is 0. The Hall–Kier alpha value is -1.77. The van der Waals surface area contributed by atoms with Crippen molar-refractivity contribution < 1.29 is 14.6 Å². The highest BCUT2D eigenvalue weighted by molar-refractivity contribution is 5.88. The second kappa shape index (κ2) is 4.17. The molecule has 0 amide bonds. The molecule has 0 atom stereocenters. The quantitative estimate of drug-likeness (QED) is 0.694. The number of benzene rings is 1. The number of carbonyl (C=O) groups excluding carboxylic acids is 1.